The van der Waals surface area contributed by atoms with Crippen LogP contribution >= 0.6 is 0 Å². The Bertz CT molecular complexity index is 1010. The molecule has 2 aromatic rings. The van der Waals surface area contributed by atoms with Gasteiger partial charge in [-0.1, -0.05) is 38.1 Å². The Balaban J connectivity index is 1.86. The van der Waals surface area contributed by atoms with Crippen LogP contribution in [0, 0.1) is 17.6 Å². The minimum absolute atomic E-state index is 0.0339. The predicted molar refractivity (Wildman–Crippen MR) is 145 cm³/mol. The first-order valence-corrected chi connectivity index (χ1v) is 13.8. The number of aliphatic hydroxyl groups excluding tert-OH is 2. The molecule has 1 aliphatic heterocycles. The number of amides is 1. The van der Waals surface area contributed by atoms with Crippen LogP contribution in [0.5, 0.6) is 0 Å². The van der Waals surface area contributed by atoms with E-state index >= 15 is 0 Å². The van der Waals surface area contributed by atoms with E-state index in [0.717, 1.165) is 24.8 Å². The Morgan fingerprint density at radius 1 is 1.05 bits per heavy atom. The van der Waals surface area contributed by atoms with Gasteiger partial charge in [-0.2, -0.15) is 0 Å². The van der Waals surface area contributed by atoms with Gasteiger partial charge in [-0.3, -0.25) is 9.69 Å². The van der Waals surface area contributed by atoms with Gasteiger partial charge >= 0.3 is 0 Å². The van der Waals surface area contributed by atoms with Crippen LogP contribution in [0.3, 0.4) is 0 Å². The summed E-state index contributed by atoms with van der Waals surface area (Å²) in [6.45, 7) is 6.77. The molecule has 1 fully saturated rings. The second kappa shape index (κ2) is 16.0. The van der Waals surface area contributed by atoms with Gasteiger partial charge in [-0.15, -0.1) is 0 Å². The molecule has 3 atom stereocenters. The van der Waals surface area contributed by atoms with Crippen LogP contribution in [0.25, 0.3) is 0 Å². The van der Waals surface area contributed by atoms with Gasteiger partial charge in [0.2, 0.25) is 0 Å². The molecule has 0 aliphatic carbocycles. The highest BCUT2D eigenvalue weighted by Gasteiger charge is 2.32. The predicted octanol–water partition coefficient (Wildman–Crippen LogP) is 3.87. The van der Waals surface area contributed by atoms with E-state index in [2.05, 4.69) is 18.7 Å². The molecule has 1 amide bonds. The van der Waals surface area contributed by atoms with Crippen molar-refractivity contribution in [3.63, 3.8) is 0 Å². The highest BCUT2D eigenvalue weighted by molar-refractivity contribution is 5.94. The molecule has 0 bridgehead atoms. The van der Waals surface area contributed by atoms with E-state index in [1.165, 1.54) is 35.2 Å². The zero-order valence-corrected chi connectivity index (χ0v) is 23.0. The van der Waals surface area contributed by atoms with Crippen LogP contribution in [0.15, 0.2) is 48.5 Å². The minimum Gasteiger partial charge on any atom is -0.388 e. The Morgan fingerprint density at radius 3 is 2.51 bits per heavy atom. The lowest BCUT2D eigenvalue weighted by Crippen LogP contribution is -2.50. The van der Waals surface area contributed by atoms with Crippen molar-refractivity contribution < 1.29 is 33.3 Å². The molecule has 2 aromatic carbocycles. The summed E-state index contributed by atoms with van der Waals surface area (Å²) in [7, 11) is 0. The molecule has 0 saturated carbocycles. The van der Waals surface area contributed by atoms with Crippen molar-refractivity contribution in [1.29, 1.82) is 0 Å². The van der Waals surface area contributed by atoms with Crippen LogP contribution < -0.4 is 0 Å². The van der Waals surface area contributed by atoms with E-state index in [-0.39, 0.29) is 31.1 Å². The first-order chi connectivity index (χ1) is 18.7. The van der Waals surface area contributed by atoms with E-state index in [4.69, 9.17) is 9.47 Å². The topological polar surface area (TPSA) is 82.5 Å². The minimum atomic E-state index is -1.30. The van der Waals surface area contributed by atoms with Crippen LogP contribution in [0.1, 0.15) is 49.0 Å². The summed E-state index contributed by atoms with van der Waals surface area (Å²) in [5.74, 6) is -1.08. The molecule has 216 valence electrons. The van der Waals surface area contributed by atoms with Gasteiger partial charge in [0.05, 0.1) is 12.2 Å². The highest BCUT2D eigenvalue weighted by Crippen LogP contribution is 2.17. The standard InChI is InChI=1S/C30H42F2N2O5/c1-22(2)13-18-39-28-20-34(30(37)25-7-3-4-8-26(25)32)16-15-33(19-23-9-11-24(31)12-10-23)14-5-6-17-38-21-27(35)29(28)36/h3-4,7-12,22,27-29,35-36H,5-6,13-21H2,1-2H3/t27-,28-,29-/m1/s1. The second-order valence-corrected chi connectivity index (χ2v) is 10.6. The largest absolute Gasteiger partial charge is 0.388 e. The first kappa shape index (κ1) is 31.1. The number of carbonyl (C=O) groups excluding carboxylic acids is 1. The Labute approximate surface area is 230 Å². The maximum absolute atomic E-state index is 14.6. The highest BCUT2D eigenvalue weighted by atomic mass is 19.1. The maximum atomic E-state index is 14.6. The molecule has 9 heteroatoms. The number of carbonyl (C=O) groups is 1. The van der Waals surface area contributed by atoms with Crippen LogP contribution in [-0.2, 0) is 16.0 Å². The monoisotopic (exact) mass is 548 g/mol. The molecule has 0 aromatic heterocycles. The zero-order chi connectivity index (χ0) is 28.2. The van der Waals surface area contributed by atoms with Gasteiger partial charge < -0.3 is 24.6 Å². The Morgan fingerprint density at radius 2 is 1.79 bits per heavy atom. The summed E-state index contributed by atoms with van der Waals surface area (Å²) in [4.78, 5) is 17.2. The molecule has 0 unspecified atom stereocenters. The lowest BCUT2D eigenvalue weighted by molar-refractivity contribution is -0.116. The Hall–Kier alpha value is -2.43. The van der Waals surface area contributed by atoms with Gasteiger partial charge in [0.1, 0.15) is 29.9 Å². The van der Waals surface area contributed by atoms with Crippen LogP contribution in [0.2, 0.25) is 0 Å². The molecule has 0 spiro atoms. The fourth-order valence-electron chi connectivity index (χ4n) is 4.48. The SMILES string of the molecule is CC(C)CCO[C@@H]1CN(C(=O)c2ccccc2F)CCN(Cc2ccc(F)cc2)CCCCOC[C@@H](O)[C@H]1O. The number of ether oxygens (including phenoxy) is 2. The van der Waals surface area contributed by atoms with Crippen molar-refractivity contribution in [3.05, 3.63) is 71.3 Å². The molecule has 1 heterocycles. The van der Waals surface area contributed by atoms with Gasteiger partial charge in [0, 0.05) is 39.4 Å². The summed E-state index contributed by atoms with van der Waals surface area (Å²) >= 11 is 0. The third kappa shape index (κ3) is 10.2. The molecular formula is C30H42F2N2O5. The molecule has 2 N–H and O–H groups in total. The van der Waals surface area contributed by atoms with Crippen molar-refractivity contribution in [1.82, 2.24) is 9.80 Å². The van der Waals surface area contributed by atoms with Crippen molar-refractivity contribution >= 4 is 5.91 Å². The van der Waals surface area contributed by atoms with E-state index in [1.807, 2.05) is 0 Å². The summed E-state index contributed by atoms with van der Waals surface area (Å²) in [6.07, 6.45) is -1.10. The summed E-state index contributed by atoms with van der Waals surface area (Å²) < 4.78 is 39.7. The van der Waals surface area contributed by atoms with Crippen LogP contribution in [-0.4, -0.2) is 90.2 Å². The van der Waals surface area contributed by atoms with Crippen molar-refractivity contribution in [2.75, 3.05) is 46.0 Å². The van der Waals surface area contributed by atoms with Crippen molar-refractivity contribution in [2.45, 2.75) is 58.0 Å². The molecule has 39 heavy (non-hydrogen) atoms. The molecule has 0 radical (unpaired) electrons. The van der Waals surface area contributed by atoms with Gasteiger partial charge in [0.25, 0.3) is 5.91 Å². The number of hydrogen-bond donors (Lipinski definition) is 2. The van der Waals surface area contributed by atoms with Crippen molar-refractivity contribution in [3.8, 4) is 0 Å². The lowest BCUT2D eigenvalue weighted by Gasteiger charge is -2.34. The average molecular weight is 549 g/mol. The van der Waals surface area contributed by atoms with Crippen LogP contribution in [0.4, 0.5) is 8.78 Å². The fourth-order valence-corrected chi connectivity index (χ4v) is 4.48. The molecule has 1 saturated heterocycles. The second-order valence-electron chi connectivity index (χ2n) is 10.6. The van der Waals surface area contributed by atoms with E-state index in [0.29, 0.717) is 38.8 Å². The van der Waals surface area contributed by atoms with E-state index < -0.39 is 30.0 Å². The summed E-state index contributed by atoms with van der Waals surface area (Å²) in [6, 6.07) is 12.1. The van der Waals surface area contributed by atoms with E-state index in [9.17, 15) is 23.8 Å². The molecule has 7 nitrogen and oxygen atoms in total. The third-order valence-electron chi connectivity index (χ3n) is 6.90. The molecular weight excluding hydrogens is 506 g/mol. The normalized spacial score (nSPS) is 22.5. The van der Waals surface area contributed by atoms with Gasteiger partial charge in [-0.25, -0.2) is 8.78 Å². The third-order valence-corrected chi connectivity index (χ3v) is 6.90. The molecule has 3 rings (SSSR count). The number of halogens is 2. The van der Waals surface area contributed by atoms with Gasteiger partial charge in [-0.05, 0) is 61.6 Å². The lowest BCUT2D eigenvalue weighted by atomic mass is 10.1. The first-order valence-electron chi connectivity index (χ1n) is 13.8. The fraction of sp³-hybridized carbons (Fsp3) is 0.567. The number of hydrogen-bond acceptors (Lipinski definition) is 6. The maximum Gasteiger partial charge on any atom is 0.256 e. The number of nitrogens with zero attached hydrogens (tertiary/aromatic N) is 2. The zero-order valence-electron chi connectivity index (χ0n) is 23.0. The smallest absolute Gasteiger partial charge is 0.256 e. The van der Waals surface area contributed by atoms with Crippen molar-refractivity contribution in [2.24, 2.45) is 5.92 Å². The van der Waals surface area contributed by atoms with Gasteiger partial charge in [0.15, 0.2) is 0 Å². The molecule has 1 aliphatic rings. The van der Waals surface area contributed by atoms with E-state index in [1.54, 1.807) is 18.2 Å². The quantitative estimate of drug-likeness (QED) is 0.547. The summed E-state index contributed by atoms with van der Waals surface area (Å²) in [5, 5.41) is 21.6. The summed E-state index contributed by atoms with van der Waals surface area (Å²) in [5.41, 5.74) is 0.872. The Kier molecular flexibility index (Phi) is 12.7. The average Bonchev–Trinajstić information content (AvgIpc) is 2.91. The number of rotatable bonds is 7. The number of benzene rings is 2. The number of aliphatic hydroxyl groups is 2.